The number of aryl methyl sites for hydroxylation is 1. The number of methoxy groups -OCH3 is 4. The molecule has 0 N–H and O–H groups in total. The SMILES string of the molecule is COC1(OC)C=CC(OC)(OC)C(/C=C/c2ccc(C)cc2)=C1. The second-order valence-corrected chi connectivity index (χ2v) is 5.38. The Morgan fingerprint density at radius 1 is 0.783 bits per heavy atom. The van der Waals surface area contributed by atoms with Crippen molar-refractivity contribution in [3.8, 4) is 0 Å². The van der Waals surface area contributed by atoms with Gasteiger partial charge in [0.2, 0.25) is 11.6 Å². The first kappa shape index (κ1) is 17.6. The quantitative estimate of drug-likeness (QED) is 0.595. The van der Waals surface area contributed by atoms with Gasteiger partial charge in [-0.15, -0.1) is 0 Å². The predicted octanol–water partition coefficient (Wildman–Crippen LogP) is 3.48. The highest BCUT2D eigenvalue weighted by molar-refractivity contribution is 5.56. The zero-order chi connectivity index (χ0) is 16.9. The Kier molecular flexibility index (Phi) is 5.55. The van der Waals surface area contributed by atoms with Gasteiger partial charge in [0.1, 0.15) is 0 Å². The minimum Gasteiger partial charge on any atom is -0.346 e. The van der Waals surface area contributed by atoms with Gasteiger partial charge in [-0.3, -0.25) is 0 Å². The molecule has 0 unspecified atom stereocenters. The molecule has 0 aromatic heterocycles. The van der Waals surface area contributed by atoms with Gasteiger partial charge in [0, 0.05) is 34.0 Å². The van der Waals surface area contributed by atoms with Crippen molar-refractivity contribution in [1.29, 1.82) is 0 Å². The van der Waals surface area contributed by atoms with Crippen LogP contribution in [0.15, 0.2) is 54.1 Å². The molecule has 1 aliphatic carbocycles. The molecule has 4 nitrogen and oxygen atoms in total. The molecule has 0 bridgehead atoms. The minimum absolute atomic E-state index is 0.800. The van der Waals surface area contributed by atoms with Crippen LogP contribution < -0.4 is 0 Å². The van der Waals surface area contributed by atoms with Gasteiger partial charge in [-0.1, -0.05) is 42.0 Å². The van der Waals surface area contributed by atoms with Crippen molar-refractivity contribution in [3.05, 3.63) is 65.3 Å². The molecule has 0 atom stereocenters. The third kappa shape index (κ3) is 3.62. The van der Waals surface area contributed by atoms with E-state index in [4.69, 9.17) is 18.9 Å². The predicted molar refractivity (Wildman–Crippen MR) is 90.9 cm³/mol. The normalized spacial score (nSPS) is 19.1. The summed E-state index contributed by atoms with van der Waals surface area (Å²) in [4.78, 5) is 0. The second-order valence-electron chi connectivity index (χ2n) is 5.38. The summed E-state index contributed by atoms with van der Waals surface area (Å²) >= 11 is 0. The summed E-state index contributed by atoms with van der Waals surface area (Å²) in [6.45, 7) is 2.06. The second kappa shape index (κ2) is 7.23. The van der Waals surface area contributed by atoms with Crippen LogP contribution in [0, 0.1) is 6.92 Å². The molecule has 0 radical (unpaired) electrons. The highest BCUT2D eigenvalue weighted by Crippen LogP contribution is 2.35. The Bertz CT molecular complexity index is 603. The molecule has 0 saturated heterocycles. The maximum absolute atomic E-state index is 5.59. The Labute approximate surface area is 138 Å². The number of ether oxygens (including phenoxy) is 4. The standard InChI is InChI=1S/C19H24O4/c1-15-6-8-16(9-7-15)10-11-17-14-18(20-2,21-3)12-13-19(17,22-4)23-5/h6-14H,1-5H3/b11-10+. The van der Waals surface area contributed by atoms with Gasteiger partial charge in [0.05, 0.1) is 0 Å². The van der Waals surface area contributed by atoms with Crippen LogP contribution in [0.2, 0.25) is 0 Å². The van der Waals surface area contributed by atoms with Crippen molar-refractivity contribution in [2.75, 3.05) is 28.4 Å². The van der Waals surface area contributed by atoms with E-state index in [1.165, 1.54) is 5.56 Å². The smallest absolute Gasteiger partial charge is 0.214 e. The third-order valence-electron chi connectivity index (χ3n) is 4.07. The van der Waals surface area contributed by atoms with Crippen LogP contribution in [0.5, 0.6) is 0 Å². The Hall–Kier alpha value is -1.72. The van der Waals surface area contributed by atoms with Crippen LogP contribution in [0.3, 0.4) is 0 Å². The van der Waals surface area contributed by atoms with Gasteiger partial charge in [-0.2, -0.15) is 0 Å². The summed E-state index contributed by atoms with van der Waals surface area (Å²) in [6, 6.07) is 8.27. The summed E-state index contributed by atoms with van der Waals surface area (Å²) in [5.74, 6) is -1.88. The van der Waals surface area contributed by atoms with Crippen molar-refractivity contribution < 1.29 is 18.9 Å². The maximum atomic E-state index is 5.59. The van der Waals surface area contributed by atoms with Gasteiger partial charge in [-0.05, 0) is 30.7 Å². The molecule has 2 rings (SSSR count). The number of hydrogen-bond donors (Lipinski definition) is 0. The topological polar surface area (TPSA) is 36.9 Å². The van der Waals surface area contributed by atoms with Crippen molar-refractivity contribution in [3.63, 3.8) is 0 Å². The first-order valence-corrected chi connectivity index (χ1v) is 7.42. The molecule has 0 aliphatic heterocycles. The average Bonchev–Trinajstić information content (AvgIpc) is 2.61. The van der Waals surface area contributed by atoms with E-state index in [0.29, 0.717) is 0 Å². The van der Waals surface area contributed by atoms with Crippen molar-refractivity contribution in [2.24, 2.45) is 0 Å². The lowest BCUT2D eigenvalue weighted by Gasteiger charge is -2.37. The van der Waals surface area contributed by atoms with Gasteiger partial charge < -0.3 is 18.9 Å². The maximum Gasteiger partial charge on any atom is 0.214 e. The van der Waals surface area contributed by atoms with Gasteiger partial charge in [0.15, 0.2) is 0 Å². The number of rotatable bonds is 6. The van der Waals surface area contributed by atoms with Crippen LogP contribution in [0.4, 0.5) is 0 Å². The van der Waals surface area contributed by atoms with Crippen LogP contribution in [0.1, 0.15) is 11.1 Å². The molecule has 4 heteroatoms. The lowest BCUT2D eigenvalue weighted by Crippen LogP contribution is -2.41. The fourth-order valence-electron chi connectivity index (χ4n) is 2.51. The van der Waals surface area contributed by atoms with Gasteiger partial charge in [0.25, 0.3) is 0 Å². The monoisotopic (exact) mass is 316 g/mol. The summed E-state index contributed by atoms with van der Waals surface area (Å²) in [5.41, 5.74) is 3.12. The first-order chi connectivity index (χ1) is 11.0. The fraction of sp³-hybridized carbons (Fsp3) is 0.368. The highest BCUT2D eigenvalue weighted by atomic mass is 16.7. The van der Waals surface area contributed by atoms with E-state index in [1.807, 2.05) is 18.2 Å². The molecule has 1 aromatic carbocycles. The average molecular weight is 316 g/mol. The Balaban J connectivity index is 2.39. The zero-order valence-electron chi connectivity index (χ0n) is 14.3. The fourth-order valence-corrected chi connectivity index (χ4v) is 2.51. The molecule has 0 spiro atoms. The molecule has 23 heavy (non-hydrogen) atoms. The molecular formula is C19H24O4. The molecule has 1 aromatic rings. The molecular weight excluding hydrogens is 292 g/mol. The lowest BCUT2D eigenvalue weighted by atomic mass is 9.94. The van der Waals surface area contributed by atoms with Crippen LogP contribution in [0.25, 0.3) is 6.08 Å². The molecule has 1 aliphatic rings. The molecule has 0 amide bonds. The number of benzene rings is 1. The first-order valence-electron chi connectivity index (χ1n) is 7.42. The van der Waals surface area contributed by atoms with E-state index in [-0.39, 0.29) is 0 Å². The molecule has 124 valence electrons. The number of hydrogen-bond acceptors (Lipinski definition) is 4. The van der Waals surface area contributed by atoms with Crippen LogP contribution >= 0.6 is 0 Å². The van der Waals surface area contributed by atoms with Crippen LogP contribution in [-0.4, -0.2) is 40.0 Å². The van der Waals surface area contributed by atoms with E-state index >= 15 is 0 Å². The largest absolute Gasteiger partial charge is 0.346 e. The zero-order valence-corrected chi connectivity index (χ0v) is 14.3. The van der Waals surface area contributed by atoms with Crippen molar-refractivity contribution in [1.82, 2.24) is 0 Å². The van der Waals surface area contributed by atoms with E-state index < -0.39 is 11.6 Å². The molecule has 0 heterocycles. The van der Waals surface area contributed by atoms with E-state index in [9.17, 15) is 0 Å². The summed E-state index contributed by atoms with van der Waals surface area (Å²) in [7, 11) is 6.40. The summed E-state index contributed by atoms with van der Waals surface area (Å²) in [6.07, 6.45) is 9.39. The lowest BCUT2D eigenvalue weighted by molar-refractivity contribution is -0.164. The minimum atomic E-state index is -0.957. The molecule has 0 saturated carbocycles. The highest BCUT2D eigenvalue weighted by Gasteiger charge is 2.39. The third-order valence-corrected chi connectivity index (χ3v) is 4.07. The summed E-state index contributed by atoms with van der Waals surface area (Å²) in [5, 5.41) is 0. The van der Waals surface area contributed by atoms with E-state index in [0.717, 1.165) is 11.1 Å². The van der Waals surface area contributed by atoms with Gasteiger partial charge >= 0.3 is 0 Å². The summed E-state index contributed by atoms with van der Waals surface area (Å²) < 4.78 is 22.1. The van der Waals surface area contributed by atoms with Gasteiger partial charge in [-0.25, -0.2) is 0 Å². The Morgan fingerprint density at radius 3 is 1.91 bits per heavy atom. The van der Waals surface area contributed by atoms with E-state index in [2.05, 4.69) is 31.2 Å². The van der Waals surface area contributed by atoms with Crippen molar-refractivity contribution >= 4 is 6.08 Å². The van der Waals surface area contributed by atoms with Crippen molar-refractivity contribution in [2.45, 2.75) is 18.5 Å². The molecule has 0 fully saturated rings. The Morgan fingerprint density at radius 2 is 1.39 bits per heavy atom. The van der Waals surface area contributed by atoms with Crippen LogP contribution in [-0.2, 0) is 18.9 Å². The van der Waals surface area contributed by atoms with E-state index in [1.54, 1.807) is 40.6 Å².